The average Bonchev–Trinajstić information content (AvgIpc) is 2.32. The molecule has 0 fully saturated rings. The fourth-order valence-electron chi connectivity index (χ4n) is 1.25. The van der Waals surface area contributed by atoms with Crippen LogP contribution in [0.5, 0.6) is 5.75 Å². The van der Waals surface area contributed by atoms with Gasteiger partial charge in [0.25, 0.3) is 0 Å². The van der Waals surface area contributed by atoms with Crippen molar-refractivity contribution in [3.05, 3.63) is 24.3 Å². The summed E-state index contributed by atoms with van der Waals surface area (Å²) in [5.41, 5.74) is 0.737. The molecular weight excluding hydrogens is 216 g/mol. The number of amides is 1. The van der Waals surface area contributed by atoms with E-state index in [0.29, 0.717) is 13.2 Å². The van der Waals surface area contributed by atoms with Gasteiger partial charge in [0.15, 0.2) is 0 Å². The summed E-state index contributed by atoms with van der Waals surface area (Å²) in [6, 6.07) is 7.22. The molecule has 1 amide bonds. The zero-order valence-electron chi connectivity index (χ0n) is 9.82. The summed E-state index contributed by atoms with van der Waals surface area (Å²) < 4.78 is 5.30. The van der Waals surface area contributed by atoms with Crippen LogP contribution in [0.15, 0.2) is 24.3 Å². The summed E-state index contributed by atoms with van der Waals surface area (Å²) in [4.78, 5) is 11.4. The summed E-state index contributed by atoms with van der Waals surface area (Å²) in [6.45, 7) is 3.14. The van der Waals surface area contributed by atoms with Gasteiger partial charge in [-0.2, -0.15) is 0 Å². The maximum Gasteiger partial charge on any atom is 0.238 e. The van der Waals surface area contributed by atoms with Gasteiger partial charge < -0.3 is 10.1 Å². The van der Waals surface area contributed by atoms with E-state index >= 15 is 0 Å². The third kappa shape index (κ3) is 5.05. The summed E-state index contributed by atoms with van der Waals surface area (Å²) in [5.74, 6) is 3.07. The molecule has 0 unspecified atom stereocenters. The van der Waals surface area contributed by atoms with Gasteiger partial charge in [0.2, 0.25) is 5.91 Å². The molecule has 1 rings (SSSR count). The molecule has 0 aromatic heterocycles. The first-order valence-electron chi connectivity index (χ1n) is 5.43. The Balaban J connectivity index is 2.40. The highest BCUT2D eigenvalue weighted by Crippen LogP contribution is 2.15. The number of carbonyl (C=O) groups is 1. The zero-order valence-corrected chi connectivity index (χ0v) is 9.82. The smallest absolute Gasteiger partial charge is 0.238 e. The number of terminal acetylenes is 1. The molecule has 0 heterocycles. The van der Waals surface area contributed by atoms with Gasteiger partial charge in [-0.3, -0.25) is 10.1 Å². The molecule has 4 heteroatoms. The van der Waals surface area contributed by atoms with Crippen LogP contribution in [-0.4, -0.2) is 25.6 Å². The SMILES string of the molecule is C#CCNCC(=O)Nc1ccc(OCC)cc1. The van der Waals surface area contributed by atoms with E-state index in [9.17, 15) is 4.79 Å². The van der Waals surface area contributed by atoms with E-state index in [1.807, 2.05) is 19.1 Å². The average molecular weight is 232 g/mol. The Morgan fingerprint density at radius 1 is 1.41 bits per heavy atom. The molecule has 0 saturated carbocycles. The predicted molar refractivity (Wildman–Crippen MR) is 67.9 cm³/mol. The number of hydrogen-bond acceptors (Lipinski definition) is 3. The minimum atomic E-state index is -0.121. The van der Waals surface area contributed by atoms with E-state index in [0.717, 1.165) is 11.4 Å². The van der Waals surface area contributed by atoms with Crippen LogP contribution in [0.1, 0.15) is 6.92 Å². The Hall–Kier alpha value is -1.99. The first-order valence-corrected chi connectivity index (χ1v) is 5.43. The lowest BCUT2D eigenvalue weighted by molar-refractivity contribution is -0.115. The van der Waals surface area contributed by atoms with Crippen LogP contribution in [0.3, 0.4) is 0 Å². The van der Waals surface area contributed by atoms with E-state index < -0.39 is 0 Å². The van der Waals surface area contributed by atoms with Gasteiger partial charge in [0, 0.05) is 5.69 Å². The molecule has 0 saturated heterocycles. The Morgan fingerprint density at radius 2 is 2.12 bits per heavy atom. The molecule has 0 aliphatic carbocycles. The molecule has 0 aliphatic rings. The van der Waals surface area contributed by atoms with Crippen molar-refractivity contribution in [1.82, 2.24) is 5.32 Å². The maximum atomic E-state index is 11.4. The standard InChI is InChI=1S/C13H16N2O2/c1-3-9-14-10-13(16)15-11-5-7-12(8-6-11)17-4-2/h1,5-8,14H,4,9-10H2,2H3,(H,15,16). The summed E-state index contributed by atoms with van der Waals surface area (Å²) in [6.07, 6.45) is 5.05. The molecule has 2 N–H and O–H groups in total. The zero-order chi connectivity index (χ0) is 12.5. The first-order chi connectivity index (χ1) is 8.26. The molecule has 1 aromatic rings. The van der Waals surface area contributed by atoms with Crippen LogP contribution < -0.4 is 15.4 Å². The van der Waals surface area contributed by atoms with Gasteiger partial charge in [-0.25, -0.2) is 0 Å². The van der Waals surface area contributed by atoms with Crippen LogP contribution in [0.4, 0.5) is 5.69 Å². The van der Waals surface area contributed by atoms with Gasteiger partial charge in [0.05, 0.1) is 19.7 Å². The number of nitrogens with one attached hydrogen (secondary N) is 2. The van der Waals surface area contributed by atoms with Crippen LogP contribution >= 0.6 is 0 Å². The van der Waals surface area contributed by atoms with Crippen molar-refractivity contribution in [2.75, 3.05) is 25.0 Å². The molecule has 0 radical (unpaired) electrons. The highest BCUT2D eigenvalue weighted by Gasteiger charge is 2.01. The number of benzene rings is 1. The van der Waals surface area contributed by atoms with Crippen molar-refractivity contribution in [1.29, 1.82) is 0 Å². The summed E-state index contributed by atoms with van der Waals surface area (Å²) in [7, 11) is 0. The van der Waals surface area contributed by atoms with Gasteiger partial charge in [-0.05, 0) is 31.2 Å². The maximum absolute atomic E-state index is 11.4. The van der Waals surface area contributed by atoms with Gasteiger partial charge in [0.1, 0.15) is 5.75 Å². The number of hydrogen-bond donors (Lipinski definition) is 2. The normalized spacial score (nSPS) is 9.41. The monoisotopic (exact) mass is 232 g/mol. The lowest BCUT2D eigenvalue weighted by Crippen LogP contribution is -2.28. The van der Waals surface area contributed by atoms with Crippen molar-refractivity contribution in [2.24, 2.45) is 0 Å². The quantitative estimate of drug-likeness (QED) is 0.573. The molecule has 1 aromatic carbocycles. The summed E-state index contributed by atoms with van der Waals surface area (Å²) >= 11 is 0. The third-order valence-corrected chi connectivity index (χ3v) is 1.96. The number of carbonyl (C=O) groups excluding carboxylic acids is 1. The molecular formula is C13H16N2O2. The second kappa shape index (κ2) is 7.31. The highest BCUT2D eigenvalue weighted by molar-refractivity contribution is 5.92. The largest absolute Gasteiger partial charge is 0.494 e. The lowest BCUT2D eigenvalue weighted by atomic mass is 10.3. The highest BCUT2D eigenvalue weighted by atomic mass is 16.5. The molecule has 4 nitrogen and oxygen atoms in total. The van der Waals surface area contributed by atoms with Gasteiger partial charge in [-0.1, -0.05) is 5.92 Å². The van der Waals surface area contributed by atoms with Crippen molar-refractivity contribution in [3.8, 4) is 18.1 Å². The summed E-state index contributed by atoms with van der Waals surface area (Å²) in [5, 5.41) is 5.56. The van der Waals surface area contributed by atoms with E-state index in [4.69, 9.17) is 11.2 Å². The fourth-order valence-corrected chi connectivity index (χ4v) is 1.25. The van der Waals surface area contributed by atoms with Gasteiger partial charge in [-0.15, -0.1) is 6.42 Å². The Bertz CT molecular complexity index is 393. The Morgan fingerprint density at radius 3 is 2.71 bits per heavy atom. The fraction of sp³-hybridized carbons (Fsp3) is 0.308. The van der Waals surface area contributed by atoms with Crippen molar-refractivity contribution in [3.63, 3.8) is 0 Å². The van der Waals surface area contributed by atoms with Crippen LogP contribution in [0.25, 0.3) is 0 Å². The molecule has 90 valence electrons. The second-order valence-electron chi connectivity index (χ2n) is 3.31. The molecule has 17 heavy (non-hydrogen) atoms. The van der Waals surface area contributed by atoms with E-state index in [1.54, 1.807) is 12.1 Å². The van der Waals surface area contributed by atoms with Crippen molar-refractivity contribution >= 4 is 11.6 Å². The van der Waals surface area contributed by atoms with Crippen LogP contribution in [0, 0.1) is 12.3 Å². The Kier molecular flexibility index (Phi) is 5.62. The van der Waals surface area contributed by atoms with Crippen LogP contribution in [0.2, 0.25) is 0 Å². The first kappa shape index (κ1) is 13.1. The predicted octanol–water partition coefficient (Wildman–Crippen LogP) is 1.25. The van der Waals surface area contributed by atoms with Crippen LogP contribution in [-0.2, 0) is 4.79 Å². The minimum absolute atomic E-state index is 0.121. The molecule has 0 bridgehead atoms. The van der Waals surface area contributed by atoms with E-state index in [2.05, 4.69) is 16.6 Å². The van der Waals surface area contributed by atoms with Gasteiger partial charge >= 0.3 is 0 Å². The number of anilines is 1. The van der Waals surface area contributed by atoms with E-state index in [-0.39, 0.29) is 12.5 Å². The second-order valence-corrected chi connectivity index (χ2v) is 3.31. The topological polar surface area (TPSA) is 50.4 Å². The minimum Gasteiger partial charge on any atom is -0.494 e. The Labute approximate surface area is 101 Å². The number of ether oxygens (including phenoxy) is 1. The molecule has 0 aliphatic heterocycles. The molecule has 0 atom stereocenters. The van der Waals surface area contributed by atoms with E-state index in [1.165, 1.54) is 0 Å². The third-order valence-electron chi connectivity index (χ3n) is 1.96. The van der Waals surface area contributed by atoms with Crippen molar-refractivity contribution < 1.29 is 9.53 Å². The lowest BCUT2D eigenvalue weighted by Gasteiger charge is -2.07. The number of rotatable bonds is 6. The van der Waals surface area contributed by atoms with Crippen molar-refractivity contribution in [2.45, 2.75) is 6.92 Å². The molecule has 0 spiro atoms.